The van der Waals surface area contributed by atoms with Crippen LogP contribution < -0.4 is 24.8 Å². The molecular weight excluding hydrogens is 388 g/mol. The van der Waals surface area contributed by atoms with Gasteiger partial charge in [-0.1, -0.05) is 12.1 Å². The van der Waals surface area contributed by atoms with Crippen LogP contribution in [0.1, 0.15) is 23.2 Å². The number of carbonyl (C=O) groups excluding carboxylic acids is 2. The Balaban J connectivity index is 1.58. The summed E-state index contributed by atoms with van der Waals surface area (Å²) < 4.78 is 21.4. The van der Waals surface area contributed by atoms with E-state index in [1.807, 2.05) is 0 Å². The van der Waals surface area contributed by atoms with E-state index < -0.39 is 5.91 Å². The van der Waals surface area contributed by atoms with Gasteiger partial charge in [-0.15, -0.1) is 0 Å². The number of ether oxygens (including phenoxy) is 4. The zero-order valence-electron chi connectivity index (χ0n) is 17.1. The Bertz CT molecular complexity index is 857. The van der Waals surface area contributed by atoms with Crippen molar-refractivity contribution in [3.05, 3.63) is 48.0 Å². The van der Waals surface area contributed by atoms with Crippen LogP contribution >= 0.6 is 0 Å². The second-order valence-corrected chi connectivity index (χ2v) is 6.78. The molecule has 0 aromatic heterocycles. The van der Waals surface area contributed by atoms with Gasteiger partial charge in [-0.2, -0.15) is 0 Å². The third kappa shape index (κ3) is 5.87. The molecular formula is C22H26N2O6. The maximum absolute atomic E-state index is 12.5. The molecule has 2 aromatic carbocycles. The van der Waals surface area contributed by atoms with Gasteiger partial charge in [0.05, 0.1) is 31.6 Å². The summed E-state index contributed by atoms with van der Waals surface area (Å²) in [4.78, 5) is 24.9. The molecule has 2 N–H and O–H groups in total. The summed E-state index contributed by atoms with van der Waals surface area (Å²) in [5, 5.41) is 5.59. The van der Waals surface area contributed by atoms with Crippen molar-refractivity contribution in [3.8, 4) is 17.2 Å². The third-order valence-electron chi connectivity index (χ3n) is 4.65. The molecule has 0 saturated carbocycles. The minimum Gasteiger partial charge on any atom is -0.496 e. The van der Waals surface area contributed by atoms with Crippen molar-refractivity contribution in [2.24, 2.45) is 0 Å². The number of nitrogens with one attached hydrogen (secondary N) is 2. The number of para-hydroxylation sites is 1. The number of hydrogen-bond donors (Lipinski definition) is 2. The van der Waals surface area contributed by atoms with Crippen LogP contribution in [0.3, 0.4) is 0 Å². The van der Waals surface area contributed by atoms with E-state index in [1.165, 1.54) is 14.2 Å². The summed E-state index contributed by atoms with van der Waals surface area (Å²) in [6, 6.07) is 11.8. The lowest BCUT2D eigenvalue weighted by atomic mass is 10.1. The van der Waals surface area contributed by atoms with Crippen LogP contribution in [0.4, 0.5) is 5.69 Å². The number of hydrogen-bond acceptors (Lipinski definition) is 6. The fraction of sp³-hybridized carbons (Fsp3) is 0.364. The van der Waals surface area contributed by atoms with Crippen LogP contribution in [0, 0.1) is 0 Å². The molecule has 8 nitrogen and oxygen atoms in total. The van der Waals surface area contributed by atoms with Crippen molar-refractivity contribution < 1.29 is 28.5 Å². The lowest BCUT2D eigenvalue weighted by molar-refractivity contribution is -0.118. The average Bonchev–Trinajstić information content (AvgIpc) is 3.30. The van der Waals surface area contributed by atoms with Gasteiger partial charge in [0.15, 0.2) is 6.61 Å². The number of benzene rings is 2. The first kappa shape index (κ1) is 21.4. The third-order valence-corrected chi connectivity index (χ3v) is 4.65. The van der Waals surface area contributed by atoms with Crippen molar-refractivity contribution in [1.82, 2.24) is 5.32 Å². The summed E-state index contributed by atoms with van der Waals surface area (Å²) in [7, 11) is 3.07. The predicted octanol–water partition coefficient (Wildman–Crippen LogP) is 2.63. The molecule has 1 aliphatic heterocycles. The summed E-state index contributed by atoms with van der Waals surface area (Å²) in [5.74, 6) is 0.885. The fourth-order valence-corrected chi connectivity index (χ4v) is 3.10. The molecule has 0 radical (unpaired) electrons. The smallest absolute Gasteiger partial charge is 0.262 e. The highest BCUT2D eigenvalue weighted by Crippen LogP contribution is 2.27. The average molecular weight is 414 g/mol. The molecule has 0 unspecified atom stereocenters. The van der Waals surface area contributed by atoms with E-state index in [1.54, 1.807) is 42.5 Å². The standard InChI is InChI=1S/C22H26N2O6/c1-27-16-10-17(28-2)12-18(11-16)30-14-21(25)24-20-8-4-3-7-19(20)22(26)23-13-15-6-5-9-29-15/h3-4,7-8,10-12,15H,5-6,9,13-14H2,1-2H3,(H,23,26)(H,24,25)/t15-/m1/s1. The van der Waals surface area contributed by atoms with E-state index in [9.17, 15) is 9.59 Å². The molecule has 1 aliphatic rings. The van der Waals surface area contributed by atoms with Gasteiger partial charge < -0.3 is 29.6 Å². The van der Waals surface area contributed by atoms with Crippen molar-refractivity contribution in [1.29, 1.82) is 0 Å². The summed E-state index contributed by atoms with van der Waals surface area (Å²) in [5.41, 5.74) is 0.797. The second kappa shape index (κ2) is 10.5. The van der Waals surface area contributed by atoms with Crippen LogP contribution in [0.15, 0.2) is 42.5 Å². The van der Waals surface area contributed by atoms with Crippen molar-refractivity contribution >= 4 is 17.5 Å². The number of carbonyl (C=O) groups is 2. The maximum Gasteiger partial charge on any atom is 0.262 e. The molecule has 1 saturated heterocycles. The Morgan fingerprint density at radius 1 is 1.07 bits per heavy atom. The molecule has 8 heteroatoms. The van der Waals surface area contributed by atoms with Crippen molar-refractivity contribution in [2.45, 2.75) is 18.9 Å². The first-order valence-electron chi connectivity index (χ1n) is 9.73. The second-order valence-electron chi connectivity index (χ2n) is 6.78. The molecule has 1 atom stereocenters. The Labute approximate surface area is 175 Å². The number of anilines is 1. The first-order valence-corrected chi connectivity index (χ1v) is 9.73. The van der Waals surface area contributed by atoms with Crippen LogP contribution in [0.25, 0.3) is 0 Å². The Morgan fingerprint density at radius 3 is 2.43 bits per heavy atom. The van der Waals surface area contributed by atoms with E-state index in [4.69, 9.17) is 18.9 Å². The molecule has 160 valence electrons. The Morgan fingerprint density at radius 2 is 1.77 bits per heavy atom. The van der Waals surface area contributed by atoms with Crippen LogP contribution in [0.2, 0.25) is 0 Å². The zero-order chi connectivity index (χ0) is 21.3. The fourth-order valence-electron chi connectivity index (χ4n) is 3.10. The van der Waals surface area contributed by atoms with Crippen LogP contribution in [-0.2, 0) is 9.53 Å². The predicted molar refractivity (Wildman–Crippen MR) is 111 cm³/mol. The quantitative estimate of drug-likeness (QED) is 0.655. The normalized spacial score (nSPS) is 15.3. The minimum absolute atomic E-state index is 0.0453. The van der Waals surface area contributed by atoms with Gasteiger partial charge in [-0.25, -0.2) is 0 Å². The zero-order valence-corrected chi connectivity index (χ0v) is 17.1. The number of methoxy groups -OCH3 is 2. The topological polar surface area (TPSA) is 95.1 Å². The van der Waals surface area contributed by atoms with E-state index in [0.717, 1.165) is 19.4 Å². The van der Waals surface area contributed by atoms with Gasteiger partial charge in [-0.05, 0) is 25.0 Å². The molecule has 2 amide bonds. The van der Waals surface area contributed by atoms with Gasteiger partial charge in [0.2, 0.25) is 0 Å². The van der Waals surface area contributed by atoms with Crippen molar-refractivity contribution in [3.63, 3.8) is 0 Å². The Kier molecular flexibility index (Phi) is 7.51. The lowest BCUT2D eigenvalue weighted by Crippen LogP contribution is -2.32. The van der Waals surface area contributed by atoms with Gasteiger partial charge >= 0.3 is 0 Å². The van der Waals surface area contributed by atoms with Gasteiger partial charge in [0, 0.05) is 31.4 Å². The highest BCUT2D eigenvalue weighted by Gasteiger charge is 2.18. The van der Waals surface area contributed by atoms with Gasteiger partial charge in [-0.3, -0.25) is 9.59 Å². The number of rotatable bonds is 9. The minimum atomic E-state index is -0.392. The molecule has 30 heavy (non-hydrogen) atoms. The van der Waals surface area contributed by atoms with E-state index in [-0.39, 0.29) is 18.6 Å². The largest absolute Gasteiger partial charge is 0.496 e. The van der Waals surface area contributed by atoms with E-state index in [0.29, 0.717) is 35.0 Å². The highest BCUT2D eigenvalue weighted by molar-refractivity contribution is 6.04. The van der Waals surface area contributed by atoms with Crippen LogP contribution in [-0.4, -0.2) is 51.9 Å². The molecule has 3 rings (SSSR count). The lowest BCUT2D eigenvalue weighted by Gasteiger charge is -2.14. The first-order chi connectivity index (χ1) is 14.6. The van der Waals surface area contributed by atoms with E-state index in [2.05, 4.69) is 10.6 Å². The summed E-state index contributed by atoms with van der Waals surface area (Å²) >= 11 is 0. The molecule has 2 aromatic rings. The molecule has 0 bridgehead atoms. The molecule has 1 heterocycles. The highest BCUT2D eigenvalue weighted by atomic mass is 16.5. The van der Waals surface area contributed by atoms with E-state index >= 15 is 0 Å². The van der Waals surface area contributed by atoms with Gasteiger partial charge in [0.25, 0.3) is 11.8 Å². The SMILES string of the molecule is COc1cc(OC)cc(OCC(=O)Nc2ccccc2C(=O)NC[C@H]2CCCO2)c1. The summed E-state index contributed by atoms with van der Waals surface area (Å²) in [6.07, 6.45) is 1.99. The molecule has 0 spiro atoms. The monoisotopic (exact) mass is 414 g/mol. The molecule has 1 fully saturated rings. The maximum atomic E-state index is 12.5. The Hall–Kier alpha value is -3.26. The summed E-state index contributed by atoms with van der Waals surface area (Å²) in [6.45, 7) is 0.941. The van der Waals surface area contributed by atoms with Gasteiger partial charge in [0.1, 0.15) is 17.2 Å². The number of amides is 2. The van der Waals surface area contributed by atoms with Crippen molar-refractivity contribution in [2.75, 3.05) is 39.3 Å². The molecule has 0 aliphatic carbocycles. The van der Waals surface area contributed by atoms with Crippen LogP contribution in [0.5, 0.6) is 17.2 Å².